The molecule has 0 bridgehead atoms. The number of anilines is 1. The van der Waals surface area contributed by atoms with Crippen LogP contribution in [0.15, 0.2) is 30.3 Å². The van der Waals surface area contributed by atoms with Crippen molar-refractivity contribution in [1.82, 2.24) is 4.98 Å². The molecule has 1 fully saturated rings. The zero-order chi connectivity index (χ0) is 15.4. The van der Waals surface area contributed by atoms with Crippen LogP contribution in [0, 0.1) is 10.8 Å². The lowest BCUT2D eigenvalue weighted by Gasteiger charge is -2.09. The lowest BCUT2D eigenvalue weighted by molar-refractivity contribution is 0.0699. The fourth-order valence-electron chi connectivity index (χ4n) is 3.13. The van der Waals surface area contributed by atoms with Crippen molar-refractivity contribution < 1.29 is 9.90 Å². The van der Waals surface area contributed by atoms with E-state index in [0.29, 0.717) is 22.5 Å². The summed E-state index contributed by atoms with van der Waals surface area (Å²) in [7, 11) is 0. The van der Waals surface area contributed by atoms with E-state index >= 15 is 0 Å². The summed E-state index contributed by atoms with van der Waals surface area (Å²) in [4.78, 5) is 15.8. The maximum atomic E-state index is 11.2. The second-order valence-electron chi connectivity index (χ2n) is 6.89. The molecule has 2 aromatic rings. The minimum absolute atomic E-state index is 0.229. The molecule has 3 rings (SSSR count). The van der Waals surface area contributed by atoms with Crippen LogP contribution in [0.4, 0.5) is 5.82 Å². The van der Waals surface area contributed by atoms with Crippen molar-refractivity contribution in [3.63, 3.8) is 0 Å². The van der Waals surface area contributed by atoms with Gasteiger partial charge in [0, 0.05) is 11.4 Å². The zero-order valence-corrected chi connectivity index (χ0v) is 12.8. The Balaban J connectivity index is 1.95. The predicted octanol–water partition coefficient (Wildman–Crippen LogP) is 3.78. The molecule has 110 valence electrons. The molecule has 4 heteroatoms. The summed E-state index contributed by atoms with van der Waals surface area (Å²) in [6.45, 7) is 8.98. The Labute approximate surface area is 124 Å². The van der Waals surface area contributed by atoms with Gasteiger partial charge in [0.1, 0.15) is 5.82 Å². The van der Waals surface area contributed by atoms with Crippen LogP contribution in [0.1, 0.15) is 38.1 Å². The van der Waals surface area contributed by atoms with Gasteiger partial charge < -0.3 is 10.4 Å². The van der Waals surface area contributed by atoms with Gasteiger partial charge in [-0.2, -0.15) is 0 Å². The standard InChI is InChI=1S/C17H20N2O2/c1-16(2)15(17(16,3)4)19-13-9-8-10-11(14(20)21)6-5-7-12(10)18-13/h5-9,15H,1-4H3,(H,18,19)(H,20,21). The molecule has 0 unspecified atom stereocenters. The minimum atomic E-state index is -0.924. The Morgan fingerprint density at radius 3 is 2.38 bits per heavy atom. The first kappa shape index (κ1) is 13.9. The molecule has 1 aliphatic carbocycles. The summed E-state index contributed by atoms with van der Waals surface area (Å²) < 4.78 is 0. The number of carboxylic acids is 1. The van der Waals surface area contributed by atoms with Crippen molar-refractivity contribution in [3.8, 4) is 0 Å². The normalized spacial score (nSPS) is 19.4. The smallest absolute Gasteiger partial charge is 0.336 e. The van der Waals surface area contributed by atoms with Gasteiger partial charge in [-0.1, -0.05) is 33.8 Å². The number of fused-ring (bicyclic) bond motifs is 1. The van der Waals surface area contributed by atoms with E-state index < -0.39 is 5.97 Å². The highest BCUT2D eigenvalue weighted by atomic mass is 16.4. The van der Waals surface area contributed by atoms with Crippen LogP contribution in [0.2, 0.25) is 0 Å². The van der Waals surface area contributed by atoms with Crippen LogP contribution in [-0.2, 0) is 0 Å². The monoisotopic (exact) mass is 284 g/mol. The second kappa shape index (κ2) is 4.20. The van der Waals surface area contributed by atoms with Gasteiger partial charge >= 0.3 is 5.97 Å². The van der Waals surface area contributed by atoms with E-state index in [1.54, 1.807) is 12.1 Å². The van der Waals surface area contributed by atoms with Gasteiger partial charge in [-0.15, -0.1) is 0 Å². The van der Waals surface area contributed by atoms with Crippen molar-refractivity contribution in [2.75, 3.05) is 5.32 Å². The molecule has 0 amide bonds. The maximum Gasteiger partial charge on any atom is 0.336 e. The molecule has 4 nitrogen and oxygen atoms in total. The Hall–Kier alpha value is -2.10. The number of nitrogens with zero attached hydrogens (tertiary/aromatic N) is 1. The highest BCUT2D eigenvalue weighted by Crippen LogP contribution is 2.63. The molecular weight excluding hydrogens is 264 g/mol. The Bertz CT molecular complexity index is 721. The van der Waals surface area contributed by atoms with Crippen LogP contribution >= 0.6 is 0 Å². The van der Waals surface area contributed by atoms with E-state index in [2.05, 4.69) is 38.0 Å². The summed E-state index contributed by atoms with van der Waals surface area (Å²) >= 11 is 0. The van der Waals surface area contributed by atoms with Crippen molar-refractivity contribution in [2.24, 2.45) is 10.8 Å². The van der Waals surface area contributed by atoms with Crippen LogP contribution in [0.25, 0.3) is 10.9 Å². The molecule has 0 aliphatic heterocycles. The van der Waals surface area contributed by atoms with E-state index in [0.717, 1.165) is 5.82 Å². The molecular formula is C17H20N2O2. The number of rotatable bonds is 3. The topological polar surface area (TPSA) is 62.2 Å². The number of nitrogens with one attached hydrogen (secondary N) is 1. The maximum absolute atomic E-state index is 11.2. The largest absolute Gasteiger partial charge is 0.478 e. The zero-order valence-electron chi connectivity index (χ0n) is 12.8. The molecule has 1 aliphatic rings. The van der Waals surface area contributed by atoms with E-state index in [9.17, 15) is 9.90 Å². The quantitative estimate of drug-likeness (QED) is 0.900. The minimum Gasteiger partial charge on any atom is -0.478 e. The number of carbonyl (C=O) groups is 1. The molecule has 0 spiro atoms. The molecule has 1 aromatic heterocycles. The van der Waals surface area contributed by atoms with E-state index in [-0.39, 0.29) is 10.8 Å². The van der Waals surface area contributed by atoms with Gasteiger partial charge in [0.2, 0.25) is 0 Å². The first-order chi connectivity index (χ1) is 9.75. The average Bonchev–Trinajstić information content (AvgIpc) is 2.80. The number of hydrogen-bond donors (Lipinski definition) is 2. The summed E-state index contributed by atoms with van der Waals surface area (Å²) in [5.74, 6) is -0.124. The van der Waals surface area contributed by atoms with Crippen LogP contribution in [0.3, 0.4) is 0 Å². The van der Waals surface area contributed by atoms with Gasteiger partial charge in [-0.05, 0) is 35.1 Å². The fourth-order valence-corrected chi connectivity index (χ4v) is 3.13. The summed E-state index contributed by atoms with van der Waals surface area (Å²) in [6.07, 6.45) is 0. The molecule has 1 aromatic carbocycles. The summed E-state index contributed by atoms with van der Waals surface area (Å²) in [6, 6.07) is 9.24. The first-order valence-corrected chi connectivity index (χ1v) is 7.15. The fraction of sp³-hybridized carbons (Fsp3) is 0.412. The Kier molecular flexibility index (Phi) is 2.77. The lowest BCUT2D eigenvalue weighted by Crippen LogP contribution is -2.11. The van der Waals surface area contributed by atoms with Crippen LogP contribution < -0.4 is 5.32 Å². The molecule has 0 atom stereocenters. The molecule has 1 saturated carbocycles. The van der Waals surface area contributed by atoms with Crippen molar-refractivity contribution in [1.29, 1.82) is 0 Å². The Morgan fingerprint density at radius 2 is 1.81 bits per heavy atom. The molecule has 2 N–H and O–H groups in total. The highest BCUT2D eigenvalue weighted by Gasteiger charge is 2.65. The average molecular weight is 284 g/mol. The SMILES string of the molecule is CC1(C)C(Nc2ccc3c(C(=O)O)cccc3n2)C1(C)C. The third-order valence-electron chi connectivity index (χ3n) is 5.28. The lowest BCUT2D eigenvalue weighted by atomic mass is 10.0. The number of hydrogen-bond acceptors (Lipinski definition) is 3. The highest BCUT2D eigenvalue weighted by molar-refractivity contribution is 6.02. The number of aromatic carboxylic acids is 1. The van der Waals surface area contributed by atoms with E-state index in [4.69, 9.17) is 0 Å². The van der Waals surface area contributed by atoms with Crippen LogP contribution in [0.5, 0.6) is 0 Å². The molecule has 0 saturated heterocycles. The molecule has 21 heavy (non-hydrogen) atoms. The van der Waals surface area contributed by atoms with Crippen molar-refractivity contribution >= 4 is 22.7 Å². The van der Waals surface area contributed by atoms with Gasteiger partial charge in [0.15, 0.2) is 0 Å². The van der Waals surface area contributed by atoms with Gasteiger partial charge in [0.05, 0.1) is 11.1 Å². The second-order valence-corrected chi connectivity index (χ2v) is 6.89. The van der Waals surface area contributed by atoms with Crippen LogP contribution in [-0.4, -0.2) is 22.1 Å². The van der Waals surface area contributed by atoms with Gasteiger partial charge in [-0.25, -0.2) is 9.78 Å². The van der Waals surface area contributed by atoms with E-state index in [1.165, 1.54) is 0 Å². The molecule has 0 radical (unpaired) electrons. The Morgan fingerprint density at radius 1 is 1.14 bits per heavy atom. The predicted molar refractivity (Wildman–Crippen MR) is 83.7 cm³/mol. The molecule has 1 heterocycles. The number of carboxylic acid groups (broad SMARTS) is 1. The third-order valence-corrected chi connectivity index (χ3v) is 5.28. The third kappa shape index (κ3) is 1.97. The number of aromatic nitrogens is 1. The van der Waals surface area contributed by atoms with Crippen molar-refractivity contribution in [3.05, 3.63) is 35.9 Å². The van der Waals surface area contributed by atoms with Gasteiger partial charge in [-0.3, -0.25) is 0 Å². The summed E-state index contributed by atoms with van der Waals surface area (Å²) in [5, 5.41) is 13.4. The van der Waals surface area contributed by atoms with Crippen molar-refractivity contribution in [2.45, 2.75) is 33.7 Å². The van der Waals surface area contributed by atoms with E-state index in [1.807, 2.05) is 18.2 Å². The van der Waals surface area contributed by atoms with Gasteiger partial charge in [0.25, 0.3) is 0 Å². The number of pyridine rings is 1. The summed E-state index contributed by atoms with van der Waals surface area (Å²) in [5.41, 5.74) is 1.45. The number of benzene rings is 1. The first-order valence-electron chi connectivity index (χ1n) is 7.15.